The average molecular weight is 508 g/mol. The molecule has 0 fully saturated rings. The minimum absolute atomic E-state index is 0.00858. The number of primary amides is 2. The van der Waals surface area contributed by atoms with Gasteiger partial charge in [0.2, 0.25) is 5.91 Å². The van der Waals surface area contributed by atoms with E-state index in [-0.39, 0.29) is 28.7 Å². The number of nitriles is 1. The van der Waals surface area contributed by atoms with Crippen LogP contribution in [0.3, 0.4) is 0 Å². The first-order chi connectivity index (χ1) is 17.5. The van der Waals surface area contributed by atoms with Crippen molar-refractivity contribution in [3.05, 3.63) is 76.2 Å². The van der Waals surface area contributed by atoms with Crippen LogP contribution in [0.5, 0.6) is 5.75 Å². The lowest BCUT2D eigenvalue weighted by molar-refractivity contribution is -0.141. The molecule has 2 amide bonds. The highest BCUT2D eigenvalue weighted by atomic mass is 19.4. The van der Waals surface area contributed by atoms with Crippen molar-refractivity contribution in [2.45, 2.75) is 19.6 Å². The topological polar surface area (TPSA) is 150 Å². The van der Waals surface area contributed by atoms with Gasteiger partial charge in [0, 0.05) is 22.2 Å². The van der Waals surface area contributed by atoms with Crippen molar-refractivity contribution in [2.24, 2.45) is 11.5 Å². The number of nitrogens with zero attached hydrogens (tertiary/aromatic N) is 4. The normalized spacial score (nSPS) is 11.4. The van der Waals surface area contributed by atoms with Crippen LogP contribution < -0.4 is 16.2 Å². The van der Waals surface area contributed by atoms with E-state index in [1.807, 2.05) is 6.07 Å². The molecule has 0 aliphatic rings. The molecule has 0 radical (unpaired) electrons. The molecule has 4 rings (SSSR count). The van der Waals surface area contributed by atoms with Gasteiger partial charge in [-0.1, -0.05) is 12.1 Å². The van der Waals surface area contributed by atoms with Crippen LogP contribution in [0.25, 0.3) is 22.0 Å². The summed E-state index contributed by atoms with van der Waals surface area (Å²) in [5.41, 5.74) is 8.96. The molecule has 0 unspecified atom stereocenters. The van der Waals surface area contributed by atoms with Crippen molar-refractivity contribution in [2.75, 3.05) is 7.11 Å². The Hall–Kier alpha value is -4.92. The Kier molecular flexibility index (Phi) is 6.31. The molecule has 0 saturated carbocycles. The first-order valence-corrected chi connectivity index (χ1v) is 10.7. The fourth-order valence-corrected chi connectivity index (χ4v) is 4.10. The number of alkyl halides is 3. The standard InChI is InChI=1S/C25H19F3N6O3/c1-12-18(22(25(26,27)28)33-34(12)11-14-5-3-13(10-29)4-6-14)20-19(23(30)35)16-9-15(37-2)7-8-17(16)32-21(20)24(31)36/h3-9H,11H2,1-2H3,(H2,30,35)(H2,31,36). The molecule has 0 aliphatic heterocycles. The van der Waals surface area contributed by atoms with Gasteiger partial charge in [0.05, 0.1) is 36.4 Å². The first kappa shape index (κ1) is 25.2. The molecule has 2 aromatic heterocycles. The number of fused-ring (bicyclic) bond motifs is 1. The molecular weight excluding hydrogens is 489 g/mol. The molecule has 12 heteroatoms. The second-order valence-corrected chi connectivity index (χ2v) is 8.10. The highest BCUT2D eigenvalue weighted by Gasteiger charge is 2.41. The maximum absolute atomic E-state index is 14.3. The molecule has 2 heterocycles. The van der Waals surface area contributed by atoms with Crippen molar-refractivity contribution in [3.63, 3.8) is 0 Å². The zero-order valence-corrected chi connectivity index (χ0v) is 19.6. The molecule has 0 aliphatic carbocycles. The van der Waals surface area contributed by atoms with Crippen LogP contribution in [0, 0.1) is 18.3 Å². The van der Waals surface area contributed by atoms with Crippen LogP contribution in [0.4, 0.5) is 13.2 Å². The Labute approximate surface area is 208 Å². The van der Waals surface area contributed by atoms with E-state index in [0.29, 0.717) is 16.9 Å². The van der Waals surface area contributed by atoms with E-state index in [4.69, 9.17) is 21.5 Å². The molecule has 0 spiro atoms. The Morgan fingerprint density at radius 1 is 1.08 bits per heavy atom. The van der Waals surface area contributed by atoms with Crippen LogP contribution in [0.15, 0.2) is 42.5 Å². The SMILES string of the molecule is COc1ccc2nc(C(N)=O)c(-c3c(C(F)(F)F)nn(Cc4ccc(C#N)cc4)c3C)c(C(N)=O)c2c1. The highest BCUT2D eigenvalue weighted by Crippen LogP contribution is 2.42. The maximum atomic E-state index is 14.3. The van der Waals surface area contributed by atoms with Gasteiger partial charge in [0.25, 0.3) is 5.91 Å². The van der Waals surface area contributed by atoms with Gasteiger partial charge < -0.3 is 16.2 Å². The second kappa shape index (κ2) is 9.27. The van der Waals surface area contributed by atoms with E-state index < -0.39 is 40.5 Å². The zero-order valence-electron chi connectivity index (χ0n) is 19.6. The number of nitrogens with two attached hydrogens (primary N) is 2. The van der Waals surface area contributed by atoms with Gasteiger partial charge in [-0.05, 0) is 42.8 Å². The second-order valence-electron chi connectivity index (χ2n) is 8.10. The number of hydrogen-bond donors (Lipinski definition) is 2. The summed E-state index contributed by atoms with van der Waals surface area (Å²) in [5.74, 6) is -1.95. The fraction of sp³-hybridized carbons (Fsp3) is 0.160. The zero-order chi connectivity index (χ0) is 27.1. The van der Waals surface area contributed by atoms with Crippen molar-refractivity contribution in [3.8, 4) is 22.9 Å². The van der Waals surface area contributed by atoms with Crippen LogP contribution in [0.1, 0.15) is 43.4 Å². The minimum atomic E-state index is -4.97. The maximum Gasteiger partial charge on any atom is 0.435 e. The summed E-state index contributed by atoms with van der Waals surface area (Å²) in [5, 5.41) is 12.8. The van der Waals surface area contributed by atoms with Gasteiger partial charge in [0.15, 0.2) is 5.69 Å². The Morgan fingerprint density at radius 2 is 1.76 bits per heavy atom. The van der Waals surface area contributed by atoms with E-state index >= 15 is 0 Å². The number of carbonyl (C=O) groups is 2. The number of methoxy groups -OCH3 is 1. The minimum Gasteiger partial charge on any atom is -0.497 e. The Bertz CT molecular complexity index is 1600. The summed E-state index contributed by atoms with van der Waals surface area (Å²) in [6, 6.07) is 12.5. The van der Waals surface area contributed by atoms with Gasteiger partial charge in [-0.15, -0.1) is 0 Å². The Morgan fingerprint density at radius 3 is 2.30 bits per heavy atom. The molecule has 2 aromatic carbocycles. The van der Waals surface area contributed by atoms with E-state index in [2.05, 4.69) is 10.1 Å². The van der Waals surface area contributed by atoms with E-state index in [9.17, 15) is 22.8 Å². The summed E-state index contributed by atoms with van der Waals surface area (Å²) in [6.45, 7) is 1.28. The number of halogens is 3. The lowest BCUT2D eigenvalue weighted by Gasteiger charge is -2.16. The molecule has 4 N–H and O–H groups in total. The number of ether oxygens (including phenoxy) is 1. The van der Waals surface area contributed by atoms with E-state index in [0.717, 1.165) is 4.68 Å². The third-order valence-electron chi connectivity index (χ3n) is 5.81. The predicted molar refractivity (Wildman–Crippen MR) is 127 cm³/mol. The molecule has 0 bridgehead atoms. The van der Waals surface area contributed by atoms with Crippen molar-refractivity contribution < 1.29 is 27.5 Å². The lowest BCUT2D eigenvalue weighted by atomic mass is 9.92. The van der Waals surface area contributed by atoms with E-state index in [1.165, 1.54) is 44.4 Å². The van der Waals surface area contributed by atoms with Gasteiger partial charge in [-0.2, -0.15) is 23.5 Å². The summed E-state index contributed by atoms with van der Waals surface area (Å²) < 4.78 is 49.1. The number of benzene rings is 2. The molecule has 4 aromatic rings. The third kappa shape index (κ3) is 4.54. The van der Waals surface area contributed by atoms with Crippen LogP contribution in [-0.4, -0.2) is 33.7 Å². The van der Waals surface area contributed by atoms with Crippen LogP contribution >= 0.6 is 0 Å². The smallest absolute Gasteiger partial charge is 0.435 e. The third-order valence-corrected chi connectivity index (χ3v) is 5.81. The molecule has 0 atom stereocenters. The number of aromatic nitrogens is 3. The monoisotopic (exact) mass is 508 g/mol. The average Bonchev–Trinajstić information content (AvgIpc) is 3.18. The van der Waals surface area contributed by atoms with Gasteiger partial charge >= 0.3 is 6.18 Å². The summed E-state index contributed by atoms with van der Waals surface area (Å²) in [6.07, 6.45) is -4.97. The summed E-state index contributed by atoms with van der Waals surface area (Å²) in [7, 11) is 1.37. The Balaban J connectivity index is 2.08. The van der Waals surface area contributed by atoms with Gasteiger partial charge in [-0.25, -0.2) is 4.98 Å². The van der Waals surface area contributed by atoms with Crippen molar-refractivity contribution in [1.29, 1.82) is 5.26 Å². The number of pyridine rings is 1. The number of amides is 2. The number of carbonyl (C=O) groups excluding carboxylic acids is 2. The van der Waals surface area contributed by atoms with Gasteiger partial charge in [-0.3, -0.25) is 14.3 Å². The van der Waals surface area contributed by atoms with Crippen LogP contribution in [-0.2, 0) is 12.7 Å². The van der Waals surface area contributed by atoms with E-state index in [1.54, 1.807) is 12.1 Å². The number of rotatable bonds is 6. The number of hydrogen-bond acceptors (Lipinski definition) is 6. The molecular formula is C25H19F3N6O3. The molecule has 9 nitrogen and oxygen atoms in total. The highest BCUT2D eigenvalue weighted by molar-refractivity contribution is 6.16. The quantitative estimate of drug-likeness (QED) is 0.407. The summed E-state index contributed by atoms with van der Waals surface area (Å²) >= 11 is 0. The first-order valence-electron chi connectivity index (χ1n) is 10.7. The largest absolute Gasteiger partial charge is 0.497 e. The fourth-order valence-electron chi connectivity index (χ4n) is 4.10. The van der Waals surface area contributed by atoms with Crippen molar-refractivity contribution in [1.82, 2.24) is 14.8 Å². The van der Waals surface area contributed by atoms with Crippen molar-refractivity contribution >= 4 is 22.7 Å². The van der Waals surface area contributed by atoms with Gasteiger partial charge in [0.1, 0.15) is 11.4 Å². The lowest BCUT2D eigenvalue weighted by Crippen LogP contribution is -2.21. The predicted octanol–water partition coefficient (Wildman–Crippen LogP) is 3.55. The van der Waals surface area contributed by atoms with Crippen LogP contribution in [0.2, 0.25) is 0 Å². The molecule has 0 saturated heterocycles. The summed E-state index contributed by atoms with van der Waals surface area (Å²) in [4.78, 5) is 29.3. The molecule has 37 heavy (non-hydrogen) atoms. The molecule has 188 valence electrons.